The highest BCUT2D eigenvalue weighted by Gasteiger charge is 2.27. The Kier molecular flexibility index (Phi) is 7.20. The number of fused-ring (bicyclic) bond motifs is 9. The van der Waals surface area contributed by atoms with Crippen molar-refractivity contribution in [3.8, 4) is 16.8 Å². The Bertz CT molecular complexity index is 3310. The highest BCUT2D eigenvalue weighted by Crippen LogP contribution is 2.43. The van der Waals surface area contributed by atoms with Crippen molar-refractivity contribution in [3.05, 3.63) is 206 Å². The molecule has 1 aliphatic heterocycles. The molecule has 0 aliphatic carbocycles. The van der Waals surface area contributed by atoms with E-state index in [-0.39, 0.29) is 0 Å². The number of aliphatic imine (C=N–C) groups is 1. The molecule has 1 unspecified atom stereocenters. The van der Waals surface area contributed by atoms with Crippen molar-refractivity contribution >= 4 is 76.6 Å². The molecule has 4 nitrogen and oxygen atoms in total. The molecule has 0 saturated heterocycles. The number of aromatic nitrogens is 2. The van der Waals surface area contributed by atoms with Crippen LogP contribution in [0.3, 0.4) is 0 Å². The second-order valence-corrected chi connectivity index (χ2v) is 14.4. The van der Waals surface area contributed by atoms with Gasteiger partial charge < -0.3 is 14.5 Å². The average molecular weight is 717 g/mol. The van der Waals surface area contributed by atoms with Crippen LogP contribution in [0.1, 0.15) is 11.9 Å². The summed E-state index contributed by atoms with van der Waals surface area (Å²) in [5, 5.41) is 13.6. The van der Waals surface area contributed by atoms with Gasteiger partial charge in [0.15, 0.2) is 0 Å². The lowest BCUT2D eigenvalue weighted by Crippen LogP contribution is -2.30. The number of nitrogens with one attached hydrogen (secondary N) is 1. The predicted octanol–water partition coefficient (Wildman–Crippen LogP) is 13.1. The lowest BCUT2D eigenvalue weighted by atomic mass is 9.94. The van der Waals surface area contributed by atoms with Crippen LogP contribution in [0.15, 0.2) is 206 Å². The molecule has 56 heavy (non-hydrogen) atoms. The summed E-state index contributed by atoms with van der Waals surface area (Å²) in [7, 11) is 0. The molecular weight excluding hydrogens is 681 g/mol. The Morgan fingerprint density at radius 2 is 1.16 bits per heavy atom. The van der Waals surface area contributed by atoms with Crippen molar-refractivity contribution in [2.45, 2.75) is 6.29 Å². The summed E-state index contributed by atoms with van der Waals surface area (Å²) < 4.78 is 4.74. The molecule has 0 spiro atoms. The lowest BCUT2D eigenvalue weighted by molar-refractivity contribution is 0.507. The van der Waals surface area contributed by atoms with Crippen molar-refractivity contribution in [1.29, 1.82) is 0 Å². The number of hydrogen-bond acceptors (Lipinski definition) is 2. The summed E-state index contributed by atoms with van der Waals surface area (Å²) in [5.41, 5.74) is 12.0. The fourth-order valence-electron chi connectivity index (χ4n) is 9.08. The van der Waals surface area contributed by atoms with Gasteiger partial charge in [0.1, 0.15) is 0 Å². The van der Waals surface area contributed by atoms with Gasteiger partial charge >= 0.3 is 0 Å². The minimum absolute atomic E-state index is 0.423. The van der Waals surface area contributed by atoms with E-state index in [2.05, 4.69) is 197 Å². The molecule has 0 bridgehead atoms. The molecule has 1 N–H and O–H groups in total. The molecule has 1 atom stereocenters. The summed E-state index contributed by atoms with van der Waals surface area (Å²) in [6.07, 6.45) is 3.31. The van der Waals surface area contributed by atoms with Gasteiger partial charge in [0.05, 0.1) is 33.5 Å². The second kappa shape index (κ2) is 12.6. The molecule has 1 aliphatic rings. The van der Waals surface area contributed by atoms with Crippen molar-refractivity contribution in [1.82, 2.24) is 14.5 Å². The molecule has 0 amide bonds. The molecule has 8 aromatic carbocycles. The van der Waals surface area contributed by atoms with Crippen molar-refractivity contribution < 1.29 is 0 Å². The first-order chi connectivity index (χ1) is 27.7. The Morgan fingerprint density at radius 1 is 0.500 bits per heavy atom. The van der Waals surface area contributed by atoms with Crippen molar-refractivity contribution in [2.75, 3.05) is 0 Å². The standard InChI is InChI=1S/C52H36N4/c1-3-36-45(4-2)53-52(54-51(36)41-26-16-18-33-17-8-9-21-37(33)41)56-46-27-14-12-23-39(46)44-31-34(29-30-48(44)56)43-32-49-50(40-24-11-10-22-38(40)43)42-25-13-15-28-47(42)55(49)35-19-6-5-7-20-35/h3-32,52,54H,1-2H2. The van der Waals surface area contributed by atoms with Crippen LogP contribution in [0.4, 0.5) is 0 Å². The Morgan fingerprint density at radius 3 is 1.96 bits per heavy atom. The first kappa shape index (κ1) is 32.0. The van der Waals surface area contributed by atoms with Gasteiger partial charge in [-0.15, -0.1) is 0 Å². The third kappa shape index (κ3) is 4.69. The van der Waals surface area contributed by atoms with E-state index < -0.39 is 6.29 Å². The van der Waals surface area contributed by atoms with Crippen LogP contribution >= 0.6 is 0 Å². The van der Waals surface area contributed by atoms with Gasteiger partial charge in [-0.1, -0.05) is 147 Å². The normalized spacial score (nSPS) is 14.6. The molecule has 10 aromatic rings. The van der Waals surface area contributed by atoms with E-state index in [4.69, 9.17) is 4.99 Å². The zero-order valence-corrected chi connectivity index (χ0v) is 30.7. The van der Waals surface area contributed by atoms with Gasteiger partial charge in [-0.25, -0.2) is 4.99 Å². The maximum absolute atomic E-state index is 5.28. The Hall–Kier alpha value is -7.43. The number of hydrogen-bond donors (Lipinski definition) is 1. The van der Waals surface area contributed by atoms with E-state index >= 15 is 0 Å². The van der Waals surface area contributed by atoms with Gasteiger partial charge in [-0.3, -0.25) is 0 Å². The molecule has 11 rings (SSSR count). The quantitative estimate of drug-likeness (QED) is 0.183. The SMILES string of the molecule is C=CC1=NC(n2c3ccccc3c3cc(-c4cc5c(c6ccccc46)c4ccccc4n5-c4ccccc4)ccc32)NC(c2cccc3ccccc23)=C1C=C. The summed E-state index contributed by atoms with van der Waals surface area (Å²) in [6.45, 7) is 8.40. The molecule has 0 saturated carbocycles. The number of benzene rings is 8. The monoisotopic (exact) mass is 716 g/mol. The number of allylic oxidation sites excluding steroid dienone is 3. The average Bonchev–Trinajstić information content (AvgIpc) is 3.78. The number of nitrogens with zero attached hydrogens (tertiary/aromatic N) is 3. The molecular formula is C52H36N4. The number of rotatable bonds is 6. The van der Waals surface area contributed by atoms with E-state index in [0.717, 1.165) is 39.3 Å². The maximum atomic E-state index is 5.28. The molecule has 0 fully saturated rings. The molecule has 4 heteroatoms. The van der Waals surface area contributed by atoms with Crippen LogP contribution in [0, 0.1) is 0 Å². The van der Waals surface area contributed by atoms with Crippen LogP contribution in [-0.4, -0.2) is 14.8 Å². The third-order valence-corrected chi connectivity index (χ3v) is 11.5. The summed E-state index contributed by atoms with van der Waals surface area (Å²) >= 11 is 0. The molecule has 0 radical (unpaired) electrons. The Labute approximate surface area is 324 Å². The van der Waals surface area contributed by atoms with E-state index in [1.54, 1.807) is 0 Å². The summed E-state index contributed by atoms with van der Waals surface area (Å²) in [5.74, 6) is 0. The highest BCUT2D eigenvalue weighted by atomic mass is 15.3. The predicted molar refractivity (Wildman–Crippen MR) is 238 cm³/mol. The first-order valence-electron chi connectivity index (χ1n) is 19.1. The first-order valence-corrected chi connectivity index (χ1v) is 19.1. The van der Waals surface area contributed by atoms with Crippen LogP contribution in [-0.2, 0) is 0 Å². The van der Waals surface area contributed by atoms with Crippen LogP contribution < -0.4 is 5.32 Å². The summed E-state index contributed by atoms with van der Waals surface area (Å²) in [4.78, 5) is 5.28. The fourth-order valence-corrected chi connectivity index (χ4v) is 9.08. The van der Waals surface area contributed by atoms with Crippen LogP contribution in [0.25, 0.3) is 87.7 Å². The van der Waals surface area contributed by atoms with E-state index in [1.807, 2.05) is 12.2 Å². The van der Waals surface area contributed by atoms with E-state index in [1.165, 1.54) is 65.3 Å². The minimum atomic E-state index is -0.423. The van der Waals surface area contributed by atoms with Crippen LogP contribution in [0.5, 0.6) is 0 Å². The number of para-hydroxylation sites is 3. The second-order valence-electron chi connectivity index (χ2n) is 14.4. The largest absolute Gasteiger partial charge is 0.345 e. The highest BCUT2D eigenvalue weighted by molar-refractivity contribution is 6.24. The van der Waals surface area contributed by atoms with Gasteiger partial charge in [-0.2, -0.15) is 0 Å². The zero-order chi connectivity index (χ0) is 37.3. The molecule has 264 valence electrons. The van der Waals surface area contributed by atoms with E-state index in [9.17, 15) is 0 Å². The fraction of sp³-hybridized carbons (Fsp3) is 0.0192. The van der Waals surface area contributed by atoms with E-state index in [0.29, 0.717) is 0 Å². The Balaban J connectivity index is 1.13. The minimum Gasteiger partial charge on any atom is -0.345 e. The van der Waals surface area contributed by atoms with Gasteiger partial charge in [0.25, 0.3) is 0 Å². The maximum Gasteiger partial charge on any atom is 0.201 e. The van der Waals surface area contributed by atoms with Gasteiger partial charge in [0.2, 0.25) is 6.29 Å². The topological polar surface area (TPSA) is 34.2 Å². The zero-order valence-electron chi connectivity index (χ0n) is 30.7. The van der Waals surface area contributed by atoms with Crippen LogP contribution in [0.2, 0.25) is 0 Å². The molecule has 2 aromatic heterocycles. The lowest BCUT2D eigenvalue weighted by Gasteiger charge is -2.29. The van der Waals surface area contributed by atoms with Crippen molar-refractivity contribution in [2.24, 2.45) is 4.99 Å². The molecule has 3 heterocycles. The summed E-state index contributed by atoms with van der Waals surface area (Å²) in [6, 6.07) is 61.2. The third-order valence-electron chi connectivity index (χ3n) is 11.5. The smallest absolute Gasteiger partial charge is 0.201 e. The van der Waals surface area contributed by atoms with Crippen molar-refractivity contribution in [3.63, 3.8) is 0 Å². The van der Waals surface area contributed by atoms with Gasteiger partial charge in [0, 0.05) is 38.4 Å². The van der Waals surface area contributed by atoms with Gasteiger partial charge in [-0.05, 0) is 81.2 Å².